The second kappa shape index (κ2) is 4.38. The standard InChI is InChI=1S/C7H11NS3/c1-5-6(3-9)11-7(8-5)4-10-2/h9H,3-4H2,1-2H3. The zero-order valence-corrected chi connectivity index (χ0v) is 9.15. The average molecular weight is 205 g/mol. The first kappa shape index (κ1) is 9.42. The molecular formula is C7H11NS3. The lowest BCUT2D eigenvalue weighted by Gasteiger charge is -1.86. The maximum absolute atomic E-state index is 4.42. The molecule has 1 aromatic heterocycles. The van der Waals surface area contributed by atoms with Gasteiger partial charge in [0.05, 0.1) is 5.69 Å². The Labute approximate surface area is 81.0 Å². The van der Waals surface area contributed by atoms with Gasteiger partial charge < -0.3 is 0 Å². The van der Waals surface area contributed by atoms with Gasteiger partial charge in [0.15, 0.2) is 0 Å². The number of aryl methyl sites for hydroxylation is 1. The lowest BCUT2D eigenvalue weighted by atomic mass is 10.4. The molecule has 0 saturated heterocycles. The third-order valence-electron chi connectivity index (χ3n) is 1.35. The number of aromatic nitrogens is 1. The molecule has 0 bridgehead atoms. The van der Waals surface area contributed by atoms with E-state index in [0.29, 0.717) is 0 Å². The first-order valence-electron chi connectivity index (χ1n) is 3.33. The molecule has 0 aliphatic carbocycles. The zero-order valence-electron chi connectivity index (χ0n) is 6.63. The summed E-state index contributed by atoms with van der Waals surface area (Å²) in [6.07, 6.45) is 2.09. The number of hydrogen-bond donors (Lipinski definition) is 1. The Bertz CT molecular complexity index is 232. The Kier molecular flexibility index (Phi) is 3.75. The SMILES string of the molecule is CSCc1nc(C)c(CS)s1. The second-order valence-corrected chi connectivity index (χ2v) is 4.56. The Morgan fingerprint density at radius 2 is 2.36 bits per heavy atom. The summed E-state index contributed by atoms with van der Waals surface area (Å²) in [4.78, 5) is 5.72. The van der Waals surface area contributed by atoms with Crippen LogP contribution in [0.2, 0.25) is 0 Å². The third kappa shape index (κ3) is 2.39. The van der Waals surface area contributed by atoms with Gasteiger partial charge in [0, 0.05) is 16.4 Å². The van der Waals surface area contributed by atoms with Gasteiger partial charge in [0.2, 0.25) is 0 Å². The lowest BCUT2D eigenvalue weighted by molar-refractivity contribution is 1.16. The van der Waals surface area contributed by atoms with Crippen molar-refractivity contribution in [1.29, 1.82) is 0 Å². The average Bonchev–Trinajstić information content (AvgIpc) is 2.32. The Morgan fingerprint density at radius 3 is 2.82 bits per heavy atom. The van der Waals surface area contributed by atoms with Crippen molar-refractivity contribution in [2.24, 2.45) is 0 Å². The van der Waals surface area contributed by atoms with Crippen LogP contribution in [0, 0.1) is 6.92 Å². The van der Waals surface area contributed by atoms with Crippen LogP contribution in [0.15, 0.2) is 0 Å². The van der Waals surface area contributed by atoms with Crippen LogP contribution in [0.3, 0.4) is 0 Å². The van der Waals surface area contributed by atoms with E-state index in [1.165, 1.54) is 9.88 Å². The van der Waals surface area contributed by atoms with Crippen molar-refractivity contribution in [3.63, 3.8) is 0 Å². The smallest absolute Gasteiger partial charge is 0.103 e. The highest BCUT2D eigenvalue weighted by molar-refractivity contribution is 7.97. The topological polar surface area (TPSA) is 12.9 Å². The molecule has 1 rings (SSSR count). The van der Waals surface area contributed by atoms with Gasteiger partial charge in [0.25, 0.3) is 0 Å². The highest BCUT2D eigenvalue weighted by Crippen LogP contribution is 2.22. The molecule has 0 aliphatic heterocycles. The van der Waals surface area contributed by atoms with Crippen molar-refractivity contribution in [3.8, 4) is 0 Å². The van der Waals surface area contributed by atoms with Gasteiger partial charge in [-0.3, -0.25) is 0 Å². The van der Waals surface area contributed by atoms with Crippen LogP contribution >= 0.6 is 35.7 Å². The normalized spacial score (nSPS) is 10.5. The molecule has 0 spiro atoms. The van der Waals surface area contributed by atoms with Gasteiger partial charge in [-0.05, 0) is 13.2 Å². The molecule has 0 unspecified atom stereocenters. The summed E-state index contributed by atoms with van der Waals surface area (Å²) in [6, 6.07) is 0. The van der Waals surface area contributed by atoms with Crippen molar-refractivity contribution in [2.75, 3.05) is 6.26 Å². The summed E-state index contributed by atoms with van der Waals surface area (Å²) >= 11 is 7.81. The number of thioether (sulfide) groups is 1. The first-order valence-corrected chi connectivity index (χ1v) is 6.17. The highest BCUT2D eigenvalue weighted by atomic mass is 32.2. The van der Waals surface area contributed by atoms with E-state index in [9.17, 15) is 0 Å². The molecular weight excluding hydrogens is 194 g/mol. The fourth-order valence-corrected chi connectivity index (χ4v) is 2.87. The zero-order chi connectivity index (χ0) is 8.27. The summed E-state index contributed by atoms with van der Waals surface area (Å²) < 4.78 is 0. The van der Waals surface area contributed by atoms with E-state index in [1.54, 1.807) is 11.3 Å². The molecule has 0 fully saturated rings. The summed E-state index contributed by atoms with van der Waals surface area (Å²) in [5.41, 5.74) is 1.15. The van der Waals surface area contributed by atoms with E-state index < -0.39 is 0 Å². The van der Waals surface area contributed by atoms with Crippen molar-refractivity contribution in [1.82, 2.24) is 4.98 Å². The number of nitrogens with zero attached hydrogens (tertiary/aromatic N) is 1. The maximum Gasteiger partial charge on any atom is 0.103 e. The molecule has 1 heterocycles. The molecule has 0 amide bonds. The largest absolute Gasteiger partial charge is 0.245 e. The van der Waals surface area contributed by atoms with Crippen LogP contribution in [-0.4, -0.2) is 11.2 Å². The van der Waals surface area contributed by atoms with Gasteiger partial charge in [-0.1, -0.05) is 0 Å². The van der Waals surface area contributed by atoms with Gasteiger partial charge in [-0.2, -0.15) is 24.4 Å². The monoisotopic (exact) mass is 205 g/mol. The highest BCUT2D eigenvalue weighted by Gasteiger charge is 2.04. The molecule has 11 heavy (non-hydrogen) atoms. The fraction of sp³-hybridized carbons (Fsp3) is 0.571. The summed E-state index contributed by atoms with van der Waals surface area (Å²) in [5, 5.41) is 1.22. The van der Waals surface area contributed by atoms with Gasteiger partial charge >= 0.3 is 0 Å². The van der Waals surface area contributed by atoms with Crippen LogP contribution in [0.4, 0.5) is 0 Å². The molecule has 0 atom stereocenters. The number of thiol groups is 1. The predicted molar refractivity (Wildman–Crippen MR) is 56.8 cm³/mol. The van der Waals surface area contributed by atoms with Gasteiger partial charge in [-0.25, -0.2) is 4.98 Å². The minimum atomic E-state index is 0.817. The van der Waals surface area contributed by atoms with E-state index in [1.807, 2.05) is 18.7 Å². The van der Waals surface area contributed by atoms with E-state index in [-0.39, 0.29) is 0 Å². The second-order valence-electron chi connectivity index (χ2n) is 2.21. The minimum absolute atomic E-state index is 0.817. The van der Waals surface area contributed by atoms with Crippen LogP contribution in [0.25, 0.3) is 0 Å². The van der Waals surface area contributed by atoms with E-state index in [2.05, 4.69) is 23.9 Å². The Morgan fingerprint density at radius 1 is 1.64 bits per heavy atom. The Balaban J connectivity index is 2.77. The molecule has 0 saturated carbocycles. The van der Waals surface area contributed by atoms with Crippen LogP contribution in [-0.2, 0) is 11.5 Å². The number of rotatable bonds is 3. The maximum atomic E-state index is 4.42. The fourth-order valence-electron chi connectivity index (χ4n) is 0.820. The van der Waals surface area contributed by atoms with Crippen molar-refractivity contribution < 1.29 is 0 Å². The Hall–Kier alpha value is 0.330. The molecule has 0 aromatic carbocycles. The molecule has 0 radical (unpaired) electrons. The molecule has 62 valence electrons. The van der Waals surface area contributed by atoms with E-state index >= 15 is 0 Å². The van der Waals surface area contributed by atoms with Crippen LogP contribution < -0.4 is 0 Å². The van der Waals surface area contributed by atoms with E-state index in [4.69, 9.17) is 0 Å². The van der Waals surface area contributed by atoms with Crippen molar-refractivity contribution in [3.05, 3.63) is 15.6 Å². The predicted octanol–water partition coefficient (Wildman–Crippen LogP) is 2.74. The van der Waals surface area contributed by atoms with Gasteiger partial charge in [-0.15, -0.1) is 11.3 Å². The summed E-state index contributed by atoms with van der Waals surface area (Å²) in [6.45, 7) is 2.05. The molecule has 0 aliphatic rings. The molecule has 1 nitrogen and oxygen atoms in total. The first-order chi connectivity index (χ1) is 5.27. The third-order valence-corrected chi connectivity index (χ3v) is 3.78. The van der Waals surface area contributed by atoms with E-state index in [0.717, 1.165) is 17.2 Å². The quantitative estimate of drug-likeness (QED) is 0.762. The molecule has 0 N–H and O–H groups in total. The van der Waals surface area contributed by atoms with Crippen molar-refractivity contribution in [2.45, 2.75) is 18.4 Å². The van der Waals surface area contributed by atoms with Gasteiger partial charge in [0.1, 0.15) is 5.01 Å². The lowest BCUT2D eigenvalue weighted by Crippen LogP contribution is -1.78. The molecule has 4 heteroatoms. The molecule has 1 aromatic rings. The number of thiazole rings is 1. The number of hydrogen-bond acceptors (Lipinski definition) is 4. The summed E-state index contributed by atoms with van der Waals surface area (Å²) in [7, 11) is 0. The van der Waals surface area contributed by atoms with Crippen molar-refractivity contribution >= 4 is 35.7 Å². The van der Waals surface area contributed by atoms with Crippen LogP contribution in [0.5, 0.6) is 0 Å². The minimum Gasteiger partial charge on any atom is -0.245 e. The summed E-state index contributed by atoms with van der Waals surface area (Å²) in [5.74, 6) is 1.84. The van der Waals surface area contributed by atoms with Crippen LogP contribution in [0.1, 0.15) is 15.6 Å².